The Hall–Kier alpha value is -1.33. The Kier molecular flexibility index (Phi) is 3.49. The predicted octanol–water partition coefficient (Wildman–Crippen LogP) is 1.19. The molecule has 0 radical (unpaired) electrons. The van der Waals surface area contributed by atoms with Crippen LogP contribution in [0.4, 0.5) is 5.82 Å². The normalized spacial score (nSPS) is 17.2. The molecule has 0 saturated carbocycles. The molecule has 0 unspecified atom stereocenters. The van der Waals surface area contributed by atoms with Crippen molar-refractivity contribution in [3.8, 4) is 0 Å². The average molecular weight is 256 g/mol. The van der Waals surface area contributed by atoms with Crippen LogP contribution in [0.3, 0.4) is 0 Å². The minimum absolute atomic E-state index is 0.0805. The van der Waals surface area contributed by atoms with Crippen molar-refractivity contribution in [2.45, 2.75) is 0 Å². The number of carboxylic acid groups (broad SMARTS) is 1. The summed E-state index contributed by atoms with van der Waals surface area (Å²) in [6.07, 6.45) is 0. The first-order valence-corrected chi connectivity index (χ1v) is 5.79. The van der Waals surface area contributed by atoms with E-state index >= 15 is 0 Å². The van der Waals surface area contributed by atoms with E-state index in [-0.39, 0.29) is 10.7 Å². The second-order valence-corrected chi connectivity index (χ2v) is 4.50. The third-order valence-corrected chi connectivity index (χ3v) is 3.17. The Bertz CT molecular complexity index is 431. The van der Waals surface area contributed by atoms with Gasteiger partial charge in [0.2, 0.25) is 0 Å². The molecular weight excluding hydrogens is 242 g/mol. The van der Waals surface area contributed by atoms with Gasteiger partial charge in [0.15, 0.2) is 5.69 Å². The quantitative estimate of drug-likeness (QED) is 0.860. The molecule has 0 spiro atoms. The van der Waals surface area contributed by atoms with E-state index in [1.807, 2.05) is 0 Å². The molecule has 5 nitrogen and oxygen atoms in total. The maximum absolute atomic E-state index is 10.9. The van der Waals surface area contributed by atoms with E-state index in [0.717, 1.165) is 26.2 Å². The molecule has 1 aromatic rings. The molecule has 17 heavy (non-hydrogen) atoms. The fourth-order valence-corrected chi connectivity index (χ4v) is 1.98. The Balaban J connectivity index is 2.21. The summed E-state index contributed by atoms with van der Waals surface area (Å²) in [6.45, 7) is 3.60. The van der Waals surface area contributed by atoms with Crippen LogP contribution in [-0.2, 0) is 0 Å². The molecule has 1 N–H and O–H groups in total. The van der Waals surface area contributed by atoms with Crippen molar-refractivity contribution in [2.75, 3.05) is 38.1 Å². The summed E-state index contributed by atoms with van der Waals surface area (Å²) in [5, 5.41) is 9.13. The number of carboxylic acids is 1. The lowest BCUT2D eigenvalue weighted by Crippen LogP contribution is -2.44. The van der Waals surface area contributed by atoms with Gasteiger partial charge in [0, 0.05) is 26.2 Å². The van der Waals surface area contributed by atoms with Crippen molar-refractivity contribution in [1.82, 2.24) is 9.88 Å². The summed E-state index contributed by atoms with van der Waals surface area (Å²) < 4.78 is 0. The zero-order valence-electron chi connectivity index (χ0n) is 9.56. The molecule has 2 heterocycles. The van der Waals surface area contributed by atoms with E-state index in [4.69, 9.17) is 16.7 Å². The smallest absolute Gasteiger partial charge is 0.356 e. The Labute approximate surface area is 105 Å². The highest BCUT2D eigenvalue weighted by atomic mass is 35.5. The number of aromatic carboxylic acids is 1. The number of halogens is 1. The number of anilines is 1. The van der Waals surface area contributed by atoms with Crippen LogP contribution in [0.15, 0.2) is 12.1 Å². The van der Waals surface area contributed by atoms with E-state index < -0.39 is 5.97 Å². The summed E-state index contributed by atoms with van der Waals surface area (Å²) in [4.78, 5) is 19.3. The highest BCUT2D eigenvalue weighted by Gasteiger charge is 2.18. The first-order chi connectivity index (χ1) is 8.08. The molecule has 92 valence electrons. The molecule has 1 aliphatic rings. The van der Waals surface area contributed by atoms with Crippen LogP contribution in [0.1, 0.15) is 10.5 Å². The summed E-state index contributed by atoms with van der Waals surface area (Å²) >= 11 is 5.78. The van der Waals surface area contributed by atoms with E-state index in [1.165, 1.54) is 0 Å². The van der Waals surface area contributed by atoms with Crippen LogP contribution < -0.4 is 4.90 Å². The first kappa shape index (κ1) is 12.1. The summed E-state index contributed by atoms with van der Waals surface area (Å²) in [5.41, 5.74) is -0.0805. The fraction of sp³-hybridized carbons (Fsp3) is 0.455. The fourth-order valence-electron chi connectivity index (χ4n) is 1.79. The van der Waals surface area contributed by atoms with Gasteiger partial charge in [-0.15, -0.1) is 0 Å². The van der Waals surface area contributed by atoms with Crippen molar-refractivity contribution in [3.05, 3.63) is 22.8 Å². The standard InChI is InChI=1S/C11H14ClN3O2/c1-14-4-6-15(7-5-14)9-3-2-8(12)10(13-9)11(16)17/h2-3H,4-7H2,1H3,(H,16,17). The topological polar surface area (TPSA) is 56.7 Å². The summed E-state index contributed by atoms with van der Waals surface area (Å²) in [6, 6.07) is 3.35. The number of likely N-dealkylation sites (N-methyl/N-ethyl adjacent to an activating group) is 1. The van der Waals surface area contributed by atoms with Crippen molar-refractivity contribution in [1.29, 1.82) is 0 Å². The number of rotatable bonds is 2. The number of pyridine rings is 1. The van der Waals surface area contributed by atoms with E-state index in [9.17, 15) is 4.79 Å². The molecule has 1 aliphatic heterocycles. The predicted molar refractivity (Wildman–Crippen MR) is 65.9 cm³/mol. The molecule has 1 fully saturated rings. The molecule has 0 aliphatic carbocycles. The van der Waals surface area contributed by atoms with Gasteiger partial charge in [0.25, 0.3) is 0 Å². The van der Waals surface area contributed by atoms with Gasteiger partial charge in [-0.1, -0.05) is 11.6 Å². The van der Waals surface area contributed by atoms with Crippen LogP contribution in [-0.4, -0.2) is 54.2 Å². The maximum Gasteiger partial charge on any atom is 0.356 e. The third kappa shape index (κ3) is 2.68. The second kappa shape index (κ2) is 4.89. The van der Waals surface area contributed by atoms with Gasteiger partial charge in [0.05, 0.1) is 5.02 Å². The number of nitrogens with zero attached hydrogens (tertiary/aromatic N) is 3. The number of carbonyl (C=O) groups is 1. The Morgan fingerprint density at radius 3 is 2.59 bits per heavy atom. The Morgan fingerprint density at radius 1 is 1.35 bits per heavy atom. The van der Waals surface area contributed by atoms with Gasteiger partial charge in [-0.05, 0) is 19.2 Å². The van der Waals surface area contributed by atoms with Crippen molar-refractivity contribution < 1.29 is 9.90 Å². The molecule has 0 aromatic carbocycles. The van der Waals surface area contributed by atoms with Gasteiger partial charge < -0.3 is 14.9 Å². The first-order valence-electron chi connectivity index (χ1n) is 5.41. The minimum Gasteiger partial charge on any atom is -0.476 e. The monoisotopic (exact) mass is 255 g/mol. The van der Waals surface area contributed by atoms with Crippen molar-refractivity contribution >= 4 is 23.4 Å². The van der Waals surface area contributed by atoms with E-state index in [0.29, 0.717) is 5.82 Å². The number of piperazine rings is 1. The van der Waals surface area contributed by atoms with Gasteiger partial charge in [0.1, 0.15) is 5.82 Å². The molecule has 1 saturated heterocycles. The molecule has 0 bridgehead atoms. The van der Waals surface area contributed by atoms with Crippen LogP contribution in [0.5, 0.6) is 0 Å². The zero-order chi connectivity index (χ0) is 12.4. The lowest BCUT2D eigenvalue weighted by Gasteiger charge is -2.33. The largest absolute Gasteiger partial charge is 0.476 e. The van der Waals surface area contributed by atoms with Crippen LogP contribution in [0.25, 0.3) is 0 Å². The minimum atomic E-state index is -1.09. The second-order valence-electron chi connectivity index (χ2n) is 4.10. The van der Waals surface area contributed by atoms with Gasteiger partial charge in [-0.3, -0.25) is 0 Å². The molecule has 0 atom stereocenters. The van der Waals surface area contributed by atoms with Crippen LogP contribution in [0, 0.1) is 0 Å². The zero-order valence-corrected chi connectivity index (χ0v) is 10.3. The number of hydrogen-bond donors (Lipinski definition) is 1. The lowest BCUT2D eigenvalue weighted by atomic mass is 10.3. The molecule has 2 rings (SSSR count). The number of hydrogen-bond acceptors (Lipinski definition) is 4. The molecule has 6 heteroatoms. The summed E-state index contributed by atoms with van der Waals surface area (Å²) in [5.74, 6) is -0.411. The van der Waals surface area contributed by atoms with E-state index in [2.05, 4.69) is 21.8 Å². The van der Waals surface area contributed by atoms with Gasteiger partial charge >= 0.3 is 5.97 Å². The molecular formula is C11H14ClN3O2. The Morgan fingerprint density at radius 2 is 2.00 bits per heavy atom. The van der Waals surface area contributed by atoms with Gasteiger partial charge in [-0.25, -0.2) is 9.78 Å². The van der Waals surface area contributed by atoms with Crippen molar-refractivity contribution in [2.24, 2.45) is 0 Å². The third-order valence-electron chi connectivity index (χ3n) is 2.86. The molecule has 0 amide bonds. The summed E-state index contributed by atoms with van der Waals surface area (Å²) in [7, 11) is 2.06. The van der Waals surface area contributed by atoms with Crippen LogP contribution in [0.2, 0.25) is 5.02 Å². The van der Waals surface area contributed by atoms with Crippen molar-refractivity contribution in [3.63, 3.8) is 0 Å². The van der Waals surface area contributed by atoms with E-state index in [1.54, 1.807) is 12.1 Å². The maximum atomic E-state index is 10.9. The number of aromatic nitrogens is 1. The molecule has 1 aromatic heterocycles. The van der Waals surface area contributed by atoms with Gasteiger partial charge in [-0.2, -0.15) is 0 Å². The van der Waals surface area contributed by atoms with Crippen LogP contribution >= 0.6 is 11.6 Å². The highest BCUT2D eigenvalue weighted by Crippen LogP contribution is 2.20. The highest BCUT2D eigenvalue weighted by molar-refractivity contribution is 6.33. The lowest BCUT2D eigenvalue weighted by molar-refractivity contribution is 0.0691. The SMILES string of the molecule is CN1CCN(c2ccc(Cl)c(C(=O)O)n2)CC1. The average Bonchev–Trinajstić information content (AvgIpc) is 2.30.